The van der Waals surface area contributed by atoms with Crippen molar-refractivity contribution in [2.45, 2.75) is 20.3 Å². The highest BCUT2D eigenvalue weighted by Crippen LogP contribution is 2.19. The molecular formula is C13H16BrNO. The molecule has 0 aromatic heterocycles. The minimum absolute atomic E-state index is 0.0469. The highest BCUT2D eigenvalue weighted by molar-refractivity contribution is 9.10. The van der Waals surface area contributed by atoms with Crippen LogP contribution in [-0.4, -0.2) is 12.5 Å². The molecule has 1 rings (SSSR count). The van der Waals surface area contributed by atoms with Crippen LogP contribution in [0, 0.1) is 6.92 Å². The molecule has 86 valence electrons. The standard InChI is InChI=1S/C13H16BrNO/c1-3-8-15-13(16)7-6-11-5-4-10(2)9-12(11)14/h4-7,9H,3,8H2,1-2H3,(H,15,16). The SMILES string of the molecule is CCCNC(=O)C=Cc1ccc(C)cc1Br. The molecule has 0 radical (unpaired) electrons. The Kier molecular flexibility index (Phi) is 5.26. The zero-order valence-electron chi connectivity index (χ0n) is 9.59. The van der Waals surface area contributed by atoms with Crippen molar-refractivity contribution in [3.05, 3.63) is 39.9 Å². The van der Waals surface area contributed by atoms with Crippen LogP contribution in [0.3, 0.4) is 0 Å². The van der Waals surface area contributed by atoms with E-state index in [4.69, 9.17) is 0 Å². The minimum atomic E-state index is -0.0469. The third-order valence-corrected chi connectivity index (χ3v) is 2.81. The highest BCUT2D eigenvalue weighted by Gasteiger charge is 1.97. The van der Waals surface area contributed by atoms with E-state index in [-0.39, 0.29) is 5.91 Å². The van der Waals surface area contributed by atoms with Crippen LogP contribution in [0.2, 0.25) is 0 Å². The summed E-state index contributed by atoms with van der Waals surface area (Å²) in [6.45, 7) is 4.78. The van der Waals surface area contributed by atoms with Gasteiger partial charge in [-0.25, -0.2) is 0 Å². The van der Waals surface area contributed by atoms with Crippen LogP contribution in [0.25, 0.3) is 6.08 Å². The summed E-state index contributed by atoms with van der Waals surface area (Å²) >= 11 is 3.47. The Morgan fingerprint density at radius 1 is 1.50 bits per heavy atom. The van der Waals surface area contributed by atoms with E-state index >= 15 is 0 Å². The molecular weight excluding hydrogens is 266 g/mol. The summed E-state index contributed by atoms with van der Waals surface area (Å²) in [5.41, 5.74) is 2.21. The Hall–Kier alpha value is -1.09. The molecule has 0 bridgehead atoms. The summed E-state index contributed by atoms with van der Waals surface area (Å²) in [6, 6.07) is 6.04. The molecule has 16 heavy (non-hydrogen) atoms. The lowest BCUT2D eigenvalue weighted by molar-refractivity contribution is -0.116. The van der Waals surface area contributed by atoms with Gasteiger partial charge in [0, 0.05) is 17.1 Å². The number of halogens is 1. The lowest BCUT2D eigenvalue weighted by Crippen LogP contribution is -2.21. The van der Waals surface area contributed by atoms with E-state index in [1.807, 2.05) is 38.1 Å². The summed E-state index contributed by atoms with van der Waals surface area (Å²) < 4.78 is 1.01. The Labute approximate surface area is 105 Å². The molecule has 1 N–H and O–H groups in total. The fraction of sp³-hybridized carbons (Fsp3) is 0.308. The maximum Gasteiger partial charge on any atom is 0.243 e. The third kappa shape index (κ3) is 4.19. The van der Waals surface area contributed by atoms with E-state index in [0.29, 0.717) is 0 Å². The number of carbonyl (C=O) groups is 1. The predicted molar refractivity (Wildman–Crippen MR) is 71.2 cm³/mol. The molecule has 0 unspecified atom stereocenters. The zero-order valence-corrected chi connectivity index (χ0v) is 11.2. The molecule has 0 aliphatic carbocycles. The lowest BCUT2D eigenvalue weighted by atomic mass is 10.1. The molecule has 0 saturated heterocycles. The van der Waals surface area contributed by atoms with Crippen molar-refractivity contribution in [2.75, 3.05) is 6.54 Å². The monoisotopic (exact) mass is 281 g/mol. The summed E-state index contributed by atoms with van der Waals surface area (Å²) in [5, 5.41) is 2.79. The lowest BCUT2D eigenvalue weighted by Gasteiger charge is -2.00. The first-order chi connectivity index (χ1) is 7.63. The van der Waals surface area contributed by atoms with Crippen molar-refractivity contribution in [1.82, 2.24) is 5.32 Å². The molecule has 0 fully saturated rings. The Morgan fingerprint density at radius 3 is 2.88 bits per heavy atom. The number of carbonyl (C=O) groups excluding carboxylic acids is 1. The summed E-state index contributed by atoms with van der Waals surface area (Å²) in [7, 11) is 0. The maximum atomic E-state index is 11.3. The summed E-state index contributed by atoms with van der Waals surface area (Å²) in [5.74, 6) is -0.0469. The van der Waals surface area contributed by atoms with Gasteiger partial charge in [-0.05, 0) is 36.6 Å². The molecule has 1 aromatic carbocycles. The number of benzene rings is 1. The van der Waals surface area contributed by atoms with Crippen LogP contribution < -0.4 is 5.32 Å². The molecule has 2 nitrogen and oxygen atoms in total. The summed E-state index contributed by atoms with van der Waals surface area (Å²) in [4.78, 5) is 11.3. The van der Waals surface area contributed by atoms with Gasteiger partial charge >= 0.3 is 0 Å². The number of rotatable bonds is 4. The van der Waals surface area contributed by atoms with E-state index in [2.05, 4.69) is 21.2 Å². The molecule has 0 atom stereocenters. The topological polar surface area (TPSA) is 29.1 Å². The Morgan fingerprint density at radius 2 is 2.25 bits per heavy atom. The van der Waals surface area contributed by atoms with Gasteiger partial charge in [0.1, 0.15) is 0 Å². The van der Waals surface area contributed by atoms with Crippen molar-refractivity contribution in [3.63, 3.8) is 0 Å². The molecule has 3 heteroatoms. The largest absolute Gasteiger partial charge is 0.353 e. The predicted octanol–water partition coefficient (Wildman–Crippen LogP) is 3.30. The van der Waals surface area contributed by atoms with E-state index in [1.54, 1.807) is 6.08 Å². The molecule has 0 heterocycles. The molecule has 0 saturated carbocycles. The normalized spacial score (nSPS) is 10.7. The van der Waals surface area contributed by atoms with Gasteiger partial charge in [0.2, 0.25) is 5.91 Å². The van der Waals surface area contributed by atoms with E-state index in [9.17, 15) is 4.79 Å². The summed E-state index contributed by atoms with van der Waals surface area (Å²) in [6.07, 6.45) is 4.33. The van der Waals surface area contributed by atoms with E-state index < -0.39 is 0 Å². The van der Waals surface area contributed by atoms with Crippen LogP contribution in [0.15, 0.2) is 28.7 Å². The second-order valence-corrected chi connectivity index (χ2v) is 4.50. The average molecular weight is 282 g/mol. The maximum absolute atomic E-state index is 11.3. The van der Waals surface area contributed by atoms with E-state index in [1.165, 1.54) is 5.56 Å². The van der Waals surface area contributed by atoms with Crippen molar-refractivity contribution in [2.24, 2.45) is 0 Å². The quantitative estimate of drug-likeness (QED) is 0.843. The van der Waals surface area contributed by atoms with Crippen molar-refractivity contribution in [3.8, 4) is 0 Å². The average Bonchev–Trinajstić information content (AvgIpc) is 2.25. The number of hydrogen-bond acceptors (Lipinski definition) is 1. The van der Waals surface area contributed by atoms with Crippen molar-refractivity contribution in [1.29, 1.82) is 0 Å². The van der Waals surface area contributed by atoms with Crippen molar-refractivity contribution < 1.29 is 4.79 Å². The second kappa shape index (κ2) is 6.48. The fourth-order valence-electron chi connectivity index (χ4n) is 1.24. The van der Waals surface area contributed by atoms with Crippen molar-refractivity contribution >= 4 is 27.9 Å². The van der Waals surface area contributed by atoms with Gasteiger partial charge in [-0.2, -0.15) is 0 Å². The number of amides is 1. The van der Waals surface area contributed by atoms with Crippen LogP contribution in [0.1, 0.15) is 24.5 Å². The van der Waals surface area contributed by atoms with Crippen LogP contribution in [0.4, 0.5) is 0 Å². The van der Waals surface area contributed by atoms with Gasteiger partial charge in [-0.15, -0.1) is 0 Å². The fourth-order valence-corrected chi connectivity index (χ4v) is 1.87. The number of aryl methyl sites for hydroxylation is 1. The first kappa shape index (κ1) is 13.0. The van der Waals surface area contributed by atoms with Gasteiger partial charge in [-0.1, -0.05) is 35.0 Å². The molecule has 0 aliphatic rings. The van der Waals surface area contributed by atoms with Crippen LogP contribution in [0.5, 0.6) is 0 Å². The van der Waals surface area contributed by atoms with Gasteiger partial charge in [-0.3, -0.25) is 4.79 Å². The Balaban J connectivity index is 2.65. The van der Waals surface area contributed by atoms with E-state index in [0.717, 1.165) is 23.0 Å². The molecule has 0 spiro atoms. The van der Waals surface area contributed by atoms with Gasteiger partial charge in [0.15, 0.2) is 0 Å². The van der Waals surface area contributed by atoms with Gasteiger partial charge < -0.3 is 5.32 Å². The zero-order chi connectivity index (χ0) is 12.0. The molecule has 1 amide bonds. The number of nitrogens with one attached hydrogen (secondary N) is 1. The third-order valence-electron chi connectivity index (χ3n) is 2.12. The Bertz CT molecular complexity index is 399. The first-order valence-electron chi connectivity index (χ1n) is 5.35. The molecule has 0 aliphatic heterocycles. The first-order valence-corrected chi connectivity index (χ1v) is 6.15. The highest BCUT2D eigenvalue weighted by atomic mass is 79.9. The molecule has 1 aromatic rings. The minimum Gasteiger partial charge on any atom is -0.353 e. The van der Waals surface area contributed by atoms with Gasteiger partial charge in [0.05, 0.1) is 0 Å². The smallest absolute Gasteiger partial charge is 0.243 e. The second-order valence-electron chi connectivity index (χ2n) is 3.65. The van der Waals surface area contributed by atoms with Crippen LogP contribution in [-0.2, 0) is 4.79 Å². The van der Waals surface area contributed by atoms with Crippen LogP contribution >= 0.6 is 15.9 Å². The number of hydrogen-bond donors (Lipinski definition) is 1. The van der Waals surface area contributed by atoms with Gasteiger partial charge in [0.25, 0.3) is 0 Å².